The third kappa shape index (κ3) is 3.89. The summed E-state index contributed by atoms with van der Waals surface area (Å²) in [6, 6.07) is 15.2. The summed E-state index contributed by atoms with van der Waals surface area (Å²) in [6.07, 6.45) is 4.65. The number of aromatic amines is 1. The zero-order chi connectivity index (χ0) is 23.7. The second kappa shape index (κ2) is 8.85. The molecule has 0 unspecified atom stereocenters. The number of rotatable bonds is 6. The number of fused-ring (bicyclic) bond motifs is 1. The van der Waals surface area contributed by atoms with Gasteiger partial charge in [0.2, 0.25) is 5.91 Å². The summed E-state index contributed by atoms with van der Waals surface area (Å²) in [4.78, 5) is 41.7. The van der Waals surface area contributed by atoms with Gasteiger partial charge in [0.1, 0.15) is 11.3 Å². The lowest BCUT2D eigenvalue weighted by Gasteiger charge is -2.30. The first kappa shape index (κ1) is 22.0. The molecule has 1 saturated carbocycles. The summed E-state index contributed by atoms with van der Waals surface area (Å²) in [5, 5.41) is 4.72. The minimum absolute atomic E-state index is 0.134. The van der Waals surface area contributed by atoms with Gasteiger partial charge in [0.05, 0.1) is 7.11 Å². The number of nitrogens with one attached hydrogen (secondary N) is 3. The van der Waals surface area contributed by atoms with Gasteiger partial charge >= 0.3 is 6.03 Å². The summed E-state index contributed by atoms with van der Waals surface area (Å²) < 4.78 is 5.27. The van der Waals surface area contributed by atoms with E-state index in [2.05, 4.69) is 15.7 Å². The summed E-state index contributed by atoms with van der Waals surface area (Å²) >= 11 is 0. The summed E-state index contributed by atoms with van der Waals surface area (Å²) in [6.45, 7) is 0. The monoisotopic (exact) mass is 460 g/mol. The molecule has 1 aliphatic heterocycles. The fraction of sp³-hybridized carbons (Fsp3) is 0.346. The number of para-hydroxylation sites is 1. The highest BCUT2D eigenvalue weighted by Crippen LogP contribution is 2.34. The predicted molar refractivity (Wildman–Crippen MR) is 128 cm³/mol. The Morgan fingerprint density at radius 2 is 1.79 bits per heavy atom. The van der Waals surface area contributed by atoms with Crippen molar-refractivity contribution in [2.24, 2.45) is 0 Å². The van der Waals surface area contributed by atoms with E-state index in [0.717, 1.165) is 57.7 Å². The maximum atomic E-state index is 12.9. The summed E-state index contributed by atoms with van der Waals surface area (Å²) in [5.74, 6) is 0.0453. The number of carbonyl (C=O) groups excluding carboxylic acids is 3. The predicted octanol–water partition coefficient (Wildman–Crippen LogP) is 4.06. The minimum Gasteiger partial charge on any atom is -0.497 e. The average molecular weight is 461 g/mol. The molecule has 4 amide bonds. The molecule has 3 aromatic rings. The fourth-order valence-electron chi connectivity index (χ4n) is 5.10. The van der Waals surface area contributed by atoms with Crippen LogP contribution in [0, 0.1) is 0 Å². The van der Waals surface area contributed by atoms with Gasteiger partial charge in [0.15, 0.2) is 0 Å². The Kier molecular flexibility index (Phi) is 5.73. The lowest BCUT2D eigenvalue weighted by atomic mass is 9.82. The topological polar surface area (TPSA) is 104 Å². The number of aromatic nitrogens is 1. The van der Waals surface area contributed by atoms with E-state index in [1.807, 2.05) is 48.5 Å². The number of imide groups is 1. The van der Waals surface area contributed by atoms with Crippen molar-refractivity contribution in [2.45, 2.75) is 50.5 Å². The third-order valence-corrected chi connectivity index (χ3v) is 6.90. The highest BCUT2D eigenvalue weighted by atomic mass is 16.5. The van der Waals surface area contributed by atoms with Gasteiger partial charge in [-0.05, 0) is 60.7 Å². The number of benzene rings is 2. The molecule has 0 bridgehead atoms. The van der Waals surface area contributed by atoms with Crippen LogP contribution < -0.4 is 15.5 Å². The Hall–Kier alpha value is -3.81. The number of hydrogen-bond acceptors (Lipinski definition) is 4. The van der Waals surface area contributed by atoms with Crippen LogP contribution in [-0.2, 0) is 16.0 Å². The summed E-state index contributed by atoms with van der Waals surface area (Å²) in [5.41, 5.74) is 5.60. The van der Waals surface area contributed by atoms with Crippen LogP contribution in [0.2, 0.25) is 0 Å². The van der Waals surface area contributed by atoms with Crippen LogP contribution in [0.1, 0.15) is 44.1 Å². The normalized spacial score (nSPS) is 17.3. The number of H-pyrrole nitrogens is 1. The number of nitrogens with zero attached hydrogens (tertiary/aromatic N) is 1. The SMILES string of the molecule is COc1ccc(-c2[nH]c3ccccc3c2CCC(=O)NN2C(=O)NC3(CCCCC3)C2=O)cc1. The van der Waals surface area contributed by atoms with E-state index in [9.17, 15) is 14.4 Å². The number of methoxy groups -OCH3 is 1. The molecular weight excluding hydrogens is 432 g/mol. The largest absolute Gasteiger partial charge is 0.497 e. The first-order chi connectivity index (χ1) is 16.5. The Labute approximate surface area is 197 Å². The second-order valence-electron chi connectivity index (χ2n) is 9.00. The van der Waals surface area contributed by atoms with Crippen LogP contribution >= 0.6 is 0 Å². The molecule has 176 valence electrons. The number of amides is 4. The van der Waals surface area contributed by atoms with Crippen molar-refractivity contribution in [1.82, 2.24) is 20.7 Å². The molecule has 2 fully saturated rings. The molecule has 34 heavy (non-hydrogen) atoms. The van der Waals surface area contributed by atoms with Gasteiger partial charge in [-0.1, -0.05) is 37.5 Å². The highest BCUT2D eigenvalue weighted by Gasteiger charge is 2.52. The quantitative estimate of drug-likeness (QED) is 0.483. The van der Waals surface area contributed by atoms with Crippen molar-refractivity contribution >= 4 is 28.7 Å². The molecule has 0 radical (unpaired) electrons. The van der Waals surface area contributed by atoms with E-state index in [4.69, 9.17) is 4.74 Å². The zero-order valence-electron chi connectivity index (χ0n) is 19.1. The molecule has 8 nitrogen and oxygen atoms in total. The van der Waals surface area contributed by atoms with Gasteiger partial charge in [-0.2, -0.15) is 5.01 Å². The number of ether oxygens (including phenoxy) is 1. The van der Waals surface area contributed by atoms with Gasteiger partial charge in [-0.15, -0.1) is 0 Å². The van der Waals surface area contributed by atoms with Crippen LogP contribution in [0.4, 0.5) is 4.79 Å². The minimum atomic E-state index is -0.860. The maximum Gasteiger partial charge on any atom is 0.344 e. The second-order valence-corrected chi connectivity index (χ2v) is 9.00. The number of hydrazine groups is 1. The van der Waals surface area contributed by atoms with Gasteiger partial charge < -0.3 is 15.0 Å². The molecular formula is C26H28N4O4. The summed E-state index contributed by atoms with van der Waals surface area (Å²) in [7, 11) is 1.63. The first-order valence-corrected chi connectivity index (χ1v) is 11.7. The van der Waals surface area contributed by atoms with E-state index >= 15 is 0 Å². The van der Waals surface area contributed by atoms with Gasteiger partial charge in [0.25, 0.3) is 5.91 Å². The standard InChI is InChI=1S/C26H28N4O4/c1-34-18-11-9-17(10-12-18)23-20(19-7-3-4-8-21(19)27-23)13-14-22(31)29-30-24(32)26(28-25(30)33)15-5-2-6-16-26/h3-4,7-12,27H,2,5-6,13-16H2,1H3,(H,28,33)(H,29,31). The van der Waals surface area contributed by atoms with E-state index in [1.165, 1.54) is 0 Å². The van der Waals surface area contributed by atoms with Crippen LogP contribution in [0.5, 0.6) is 5.75 Å². The third-order valence-electron chi connectivity index (χ3n) is 6.90. The molecule has 1 saturated heterocycles. The Morgan fingerprint density at radius 1 is 1.06 bits per heavy atom. The van der Waals surface area contributed by atoms with Crippen LogP contribution in [-0.4, -0.2) is 40.5 Å². The number of hydrogen-bond donors (Lipinski definition) is 3. The number of urea groups is 1. The fourth-order valence-corrected chi connectivity index (χ4v) is 5.10. The van der Waals surface area contributed by atoms with Crippen molar-refractivity contribution in [3.63, 3.8) is 0 Å². The molecule has 1 spiro atoms. The zero-order valence-corrected chi connectivity index (χ0v) is 19.1. The average Bonchev–Trinajstić information content (AvgIpc) is 3.34. The molecule has 2 aliphatic rings. The molecule has 0 atom stereocenters. The molecule has 3 N–H and O–H groups in total. The number of aryl methyl sites for hydroxylation is 1. The van der Waals surface area contributed by atoms with Crippen LogP contribution in [0.3, 0.4) is 0 Å². The molecule has 1 aromatic heterocycles. The van der Waals surface area contributed by atoms with Crippen molar-refractivity contribution < 1.29 is 19.1 Å². The maximum absolute atomic E-state index is 12.9. The molecule has 2 heterocycles. The Bertz CT molecular complexity index is 1240. The molecule has 2 aromatic carbocycles. The van der Waals surface area contributed by atoms with E-state index in [0.29, 0.717) is 19.3 Å². The van der Waals surface area contributed by atoms with Gasteiger partial charge in [0, 0.05) is 23.0 Å². The lowest BCUT2D eigenvalue weighted by Crippen LogP contribution is -2.51. The van der Waals surface area contributed by atoms with Crippen molar-refractivity contribution in [3.8, 4) is 17.0 Å². The molecule has 1 aliphatic carbocycles. The van der Waals surface area contributed by atoms with E-state index in [1.54, 1.807) is 7.11 Å². The lowest BCUT2D eigenvalue weighted by molar-refractivity contribution is -0.139. The number of carbonyl (C=O) groups is 3. The smallest absolute Gasteiger partial charge is 0.344 e. The Balaban J connectivity index is 1.33. The first-order valence-electron chi connectivity index (χ1n) is 11.7. The van der Waals surface area contributed by atoms with Gasteiger partial charge in [-0.25, -0.2) is 4.79 Å². The Morgan fingerprint density at radius 3 is 2.53 bits per heavy atom. The van der Waals surface area contributed by atoms with Crippen LogP contribution in [0.15, 0.2) is 48.5 Å². The van der Waals surface area contributed by atoms with Crippen LogP contribution in [0.25, 0.3) is 22.2 Å². The van der Waals surface area contributed by atoms with E-state index in [-0.39, 0.29) is 18.2 Å². The van der Waals surface area contributed by atoms with Crippen molar-refractivity contribution in [3.05, 3.63) is 54.1 Å². The van der Waals surface area contributed by atoms with Crippen molar-refractivity contribution in [2.75, 3.05) is 7.11 Å². The van der Waals surface area contributed by atoms with Gasteiger partial charge in [-0.3, -0.25) is 15.0 Å². The molecule has 8 heteroatoms. The highest BCUT2D eigenvalue weighted by molar-refractivity contribution is 6.08. The van der Waals surface area contributed by atoms with Crippen molar-refractivity contribution in [1.29, 1.82) is 0 Å². The van der Waals surface area contributed by atoms with E-state index < -0.39 is 11.6 Å². The molecule has 5 rings (SSSR count).